The summed E-state index contributed by atoms with van der Waals surface area (Å²) in [5.41, 5.74) is 5.43. The van der Waals surface area contributed by atoms with E-state index in [4.69, 9.17) is 17.3 Å². The molecule has 0 spiro atoms. The summed E-state index contributed by atoms with van der Waals surface area (Å²) in [5, 5.41) is 0.348. The fraction of sp³-hybridized carbons (Fsp3) is 0.273. The van der Waals surface area contributed by atoms with Crippen LogP contribution in [0.15, 0.2) is 22.7 Å². The predicted molar refractivity (Wildman–Crippen MR) is 69.9 cm³/mol. The zero-order valence-electron chi connectivity index (χ0n) is 9.24. The molecule has 0 heterocycles. The molecule has 2 N–H and O–H groups in total. The molecule has 1 aromatic carbocycles. The van der Waals surface area contributed by atoms with Crippen molar-refractivity contribution in [3.63, 3.8) is 0 Å². The molecular formula is C11H12BrClN2O2. The first-order valence-corrected chi connectivity index (χ1v) is 6.15. The maximum atomic E-state index is 12.1. The number of carbonyl (C=O) groups is 2. The standard InChI is InChI=1S/C11H12BrClN2O2/c1-2-15(6-10(14)16)11(17)8-5-7(12)3-4-9(8)13/h3-5H,2,6H2,1H3,(H2,14,16). The molecule has 0 aliphatic heterocycles. The van der Waals surface area contributed by atoms with Crippen LogP contribution < -0.4 is 5.73 Å². The Labute approximate surface area is 113 Å². The summed E-state index contributed by atoms with van der Waals surface area (Å²) >= 11 is 9.21. The minimum atomic E-state index is -0.550. The molecule has 0 bridgehead atoms. The molecule has 0 saturated carbocycles. The van der Waals surface area contributed by atoms with E-state index in [0.29, 0.717) is 17.1 Å². The third-order valence-electron chi connectivity index (χ3n) is 2.17. The largest absolute Gasteiger partial charge is 0.368 e. The zero-order chi connectivity index (χ0) is 13.0. The molecule has 0 aromatic heterocycles. The van der Waals surface area contributed by atoms with Crippen molar-refractivity contribution in [2.24, 2.45) is 5.73 Å². The maximum absolute atomic E-state index is 12.1. The summed E-state index contributed by atoms with van der Waals surface area (Å²) in [6.45, 7) is 2.05. The van der Waals surface area contributed by atoms with Gasteiger partial charge in [-0.1, -0.05) is 27.5 Å². The molecule has 0 aliphatic rings. The van der Waals surface area contributed by atoms with Gasteiger partial charge in [-0.05, 0) is 25.1 Å². The van der Waals surface area contributed by atoms with Crippen LogP contribution in [0.2, 0.25) is 5.02 Å². The van der Waals surface area contributed by atoms with Crippen LogP contribution in [-0.2, 0) is 4.79 Å². The SMILES string of the molecule is CCN(CC(N)=O)C(=O)c1cc(Br)ccc1Cl. The fourth-order valence-corrected chi connectivity index (χ4v) is 1.91. The number of amides is 2. The summed E-state index contributed by atoms with van der Waals surface area (Å²) in [5.74, 6) is -0.857. The number of hydrogen-bond acceptors (Lipinski definition) is 2. The van der Waals surface area contributed by atoms with Gasteiger partial charge >= 0.3 is 0 Å². The van der Waals surface area contributed by atoms with Gasteiger partial charge in [0.1, 0.15) is 0 Å². The van der Waals surface area contributed by atoms with Crippen LogP contribution in [0.1, 0.15) is 17.3 Å². The summed E-state index contributed by atoms with van der Waals surface area (Å²) < 4.78 is 0.750. The van der Waals surface area contributed by atoms with Crippen molar-refractivity contribution in [1.29, 1.82) is 0 Å². The highest BCUT2D eigenvalue weighted by Crippen LogP contribution is 2.22. The minimum Gasteiger partial charge on any atom is -0.368 e. The number of nitrogens with zero attached hydrogens (tertiary/aromatic N) is 1. The molecule has 0 radical (unpaired) electrons. The molecule has 92 valence electrons. The average Bonchev–Trinajstić information content (AvgIpc) is 2.28. The summed E-state index contributed by atoms with van der Waals surface area (Å²) in [4.78, 5) is 24.3. The van der Waals surface area contributed by atoms with E-state index in [1.165, 1.54) is 4.90 Å². The van der Waals surface area contributed by atoms with Gasteiger partial charge in [0.2, 0.25) is 5.91 Å². The van der Waals surface area contributed by atoms with Crippen LogP contribution in [0.5, 0.6) is 0 Å². The molecule has 6 heteroatoms. The molecule has 1 aromatic rings. The molecule has 2 amide bonds. The lowest BCUT2D eigenvalue weighted by Crippen LogP contribution is -2.38. The fourth-order valence-electron chi connectivity index (χ4n) is 1.35. The molecule has 4 nitrogen and oxygen atoms in total. The van der Waals surface area contributed by atoms with E-state index < -0.39 is 5.91 Å². The van der Waals surface area contributed by atoms with E-state index >= 15 is 0 Å². The first-order chi connectivity index (χ1) is 7.95. The number of likely N-dealkylation sites (N-methyl/N-ethyl adjacent to an activating group) is 1. The van der Waals surface area contributed by atoms with Crippen LogP contribution >= 0.6 is 27.5 Å². The quantitative estimate of drug-likeness (QED) is 0.923. The van der Waals surface area contributed by atoms with E-state index in [1.54, 1.807) is 25.1 Å². The van der Waals surface area contributed by atoms with Crippen molar-refractivity contribution in [2.75, 3.05) is 13.1 Å². The van der Waals surface area contributed by atoms with Gasteiger partial charge in [0.05, 0.1) is 17.1 Å². The Kier molecular flexibility index (Phi) is 4.96. The Morgan fingerprint density at radius 2 is 2.12 bits per heavy atom. The molecule has 0 fully saturated rings. The average molecular weight is 320 g/mol. The van der Waals surface area contributed by atoms with Gasteiger partial charge in [-0.3, -0.25) is 9.59 Å². The smallest absolute Gasteiger partial charge is 0.255 e. The van der Waals surface area contributed by atoms with Crippen LogP contribution in [0.3, 0.4) is 0 Å². The van der Waals surface area contributed by atoms with Crippen LogP contribution in [0.4, 0.5) is 0 Å². The van der Waals surface area contributed by atoms with E-state index in [9.17, 15) is 9.59 Å². The maximum Gasteiger partial charge on any atom is 0.255 e. The summed E-state index contributed by atoms with van der Waals surface area (Å²) in [6, 6.07) is 4.98. The Hall–Kier alpha value is -1.07. The third-order valence-corrected chi connectivity index (χ3v) is 3.00. The van der Waals surface area contributed by atoms with Gasteiger partial charge in [-0.25, -0.2) is 0 Å². The molecule has 0 saturated heterocycles. The van der Waals surface area contributed by atoms with Crippen molar-refractivity contribution in [3.05, 3.63) is 33.3 Å². The van der Waals surface area contributed by atoms with Crippen molar-refractivity contribution in [2.45, 2.75) is 6.92 Å². The van der Waals surface area contributed by atoms with Gasteiger partial charge < -0.3 is 10.6 Å². The number of primary amides is 1. The van der Waals surface area contributed by atoms with Gasteiger partial charge in [-0.2, -0.15) is 0 Å². The second kappa shape index (κ2) is 6.02. The van der Waals surface area contributed by atoms with E-state index in [2.05, 4.69) is 15.9 Å². The number of halogens is 2. The van der Waals surface area contributed by atoms with Gasteiger partial charge in [-0.15, -0.1) is 0 Å². The molecule has 17 heavy (non-hydrogen) atoms. The Bertz CT molecular complexity index is 451. The Morgan fingerprint density at radius 1 is 1.47 bits per heavy atom. The van der Waals surface area contributed by atoms with E-state index in [0.717, 1.165) is 4.47 Å². The molecule has 1 rings (SSSR count). The summed E-state index contributed by atoms with van der Waals surface area (Å²) in [7, 11) is 0. The van der Waals surface area contributed by atoms with Crippen molar-refractivity contribution >= 4 is 39.3 Å². The van der Waals surface area contributed by atoms with Crippen LogP contribution in [0, 0.1) is 0 Å². The van der Waals surface area contributed by atoms with E-state index in [-0.39, 0.29) is 12.5 Å². The van der Waals surface area contributed by atoms with Gasteiger partial charge in [0, 0.05) is 11.0 Å². The van der Waals surface area contributed by atoms with Crippen molar-refractivity contribution in [1.82, 2.24) is 4.90 Å². The highest BCUT2D eigenvalue weighted by atomic mass is 79.9. The van der Waals surface area contributed by atoms with Crippen LogP contribution in [-0.4, -0.2) is 29.8 Å². The topological polar surface area (TPSA) is 63.4 Å². The normalized spacial score (nSPS) is 10.1. The molecule has 0 atom stereocenters. The van der Waals surface area contributed by atoms with Crippen molar-refractivity contribution < 1.29 is 9.59 Å². The zero-order valence-corrected chi connectivity index (χ0v) is 11.6. The second-order valence-electron chi connectivity index (χ2n) is 3.41. The molecule has 0 aliphatic carbocycles. The number of carbonyl (C=O) groups excluding carboxylic acids is 2. The first kappa shape index (κ1) is 14.0. The van der Waals surface area contributed by atoms with Crippen molar-refractivity contribution in [3.8, 4) is 0 Å². The second-order valence-corrected chi connectivity index (χ2v) is 4.73. The summed E-state index contributed by atoms with van der Waals surface area (Å²) in [6.07, 6.45) is 0. The highest BCUT2D eigenvalue weighted by Gasteiger charge is 2.18. The first-order valence-electron chi connectivity index (χ1n) is 4.98. The highest BCUT2D eigenvalue weighted by molar-refractivity contribution is 9.10. The number of rotatable bonds is 4. The van der Waals surface area contributed by atoms with Gasteiger partial charge in [0.25, 0.3) is 5.91 Å². The third kappa shape index (κ3) is 3.71. The minimum absolute atomic E-state index is 0.113. The molecular weight excluding hydrogens is 307 g/mol. The lowest BCUT2D eigenvalue weighted by atomic mass is 10.2. The Morgan fingerprint density at radius 3 is 2.65 bits per heavy atom. The monoisotopic (exact) mass is 318 g/mol. The lowest BCUT2D eigenvalue weighted by molar-refractivity contribution is -0.118. The number of benzene rings is 1. The van der Waals surface area contributed by atoms with Gasteiger partial charge in [0.15, 0.2) is 0 Å². The van der Waals surface area contributed by atoms with Crippen LogP contribution in [0.25, 0.3) is 0 Å². The molecule has 0 unspecified atom stereocenters. The number of nitrogens with two attached hydrogens (primary N) is 1. The number of hydrogen-bond donors (Lipinski definition) is 1. The lowest BCUT2D eigenvalue weighted by Gasteiger charge is -2.19. The predicted octanol–water partition coefficient (Wildman–Crippen LogP) is 2.05. The Balaban J connectivity index is 3.01. The van der Waals surface area contributed by atoms with E-state index in [1.807, 2.05) is 0 Å².